The Morgan fingerprint density at radius 2 is 1.75 bits per heavy atom. The third-order valence-corrected chi connectivity index (χ3v) is 8.05. The van der Waals surface area contributed by atoms with Crippen LogP contribution >= 0.6 is 11.8 Å². The number of thioether (sulfide) groups is 1. The van der Waals surface area contributed by atoms with Gasteiger partial charge in [0.2, 0.25) is 0 Å². The summed E-state index contributed by atoms with van der Waals surface area (Å²) in [5.74, 6) is 2.42. The van der Waals surface area contributed by atoms with Gasteiger partial charge in [0.05, 0.1) is 11.5 Å². The van der Waals surface area contributed by atoms with Crippen LogP contribution in [0.1, 0.15) is 59.3 Å². The minimum atomic E-state index is 0.391. The molecule has 0 aromatic carbocycles. The number of nitrogens with zero attached hydrogens (tertiary/aromatic N) is 1. The highest BCUT2D eigenvalue weighted by Crippen LogP contribution is 2.44. The summed E-state index contributed by atoms with van der Waals surface area (Å²) < 4.78 is 0. The molecule has 3 heterocycles. The van der Waals surface area contributed by atoms with E-state index in [0.29, 0.717) is 28.4 Å². The predicted octanol–water partition coefficient (Wildman–Crippen LogP) is 2.44. The predicted molar refractivity (Wildman–Crippen MR) is 101 cm³/mol. The highest BCUT2D eigenvalue weighted by Gasteiger charge is 2.47. The lowest BCUT2D eigenvalue weighted by atomic mass is 9.70. The van der Waals surface area contributed by atoms with Gasteiger partial charge in [0.25, 0.3) is 0 Å². The van der Waals surface area contributed by atoms with Gasteiger partial charge < -0.3 is 5.32 Å². The third-order valence-electron chi connectivity index (χ3n) is 6.67. The molecule has 4 fully saturated rings. The van der Waals surface area contributed by atoms with E-state index in [1.807, 2.05) is 0 Å². The Hall–Kier alpha value is 0.150. The van der Waals surface area contributed by atoms with Crippen molar-refractivity contribution in [2.75, 3.05) is 13.1 Å². The molecule has 5 nitrogen and oxygen atoms in total. The van der Waals surface area contributed by atoms with E-state index in [2.05, 4.69) is 59.1 Å². The van der Waals surface area contributed by atoms with Crippen LogP contribution in [0.3, 0.4) is 0 Å². The zero-order valence-corrected chi connectivity index (χ0v) is 16.3. The second-order valence-corrected chi connectivity index (χ2v) is 10.5. The maximum Gasteiger partial charge on any atom is 0.136 e. The minimum Gasteiger partial charge on any atom is -0.316 e. The van der Waals surface area contributed by atoms with E-state index < -0.39 is 0 Å². The Morgan fingerprint density at radius 3 is 2.42 bits per heavy atom. The Balaban J connectivity index is 1.32. The van der Waals surface area contributed by atoms with Gasteiger partial charge in [-0.25, -0.2) is 16.3 Å². The van der Waals surface area contributed by atoms with Gasteiger partial charge in [-0.05, 0) is 62.3 Å². The summed E-state index contributed by atoms with van der Waals surface area (Å²) in [5, 5.41) is 6.62. The molecule has 24 heavy (non-hydrogen) atoms. The SMILES string of the molecule is CC(C)(C)C1CCC(C2NN3C(NNC3C3CCCNC3)S2)CC1. The Morgan fingerprint density at radius 1 is 0.958 bits per heavy atom. The lowest BCUT2D eigenvalue weighted by Crippen LogP contribution is -2.54. The molecule has 6 heteroatoms. The molecule has 0 bridgehead atoms. The molecule has 0 aromatic rings. The van der Waals surface area contributed by atoms with Crippen molar-refractivity contribution in [3.63, 3.8) is 0 Å². The van der Waals surface area contributed by atoms with Crippen molar-refractivity contribution >= 4 is 11.8 Å². The molecule has 3 aliphatic heterocycles. The molecule has 0 spiro atoms. The number of rotatable bonds is 2. The first-order chi connectivity index (χ1) is 11.5. The smallest absolute Gasteiger partial charge is 0.136 e. The highest BCUT2D eigenvalue weighted by molar-refractivity contribution is 8.00. The molecule has 1 aliphatic carbocycles. The van der Waals surface area contributed by atoms with Gasteiger partial charge >= 0.3 is 0 Å². The second kappa shape index (κ2) is 7.05. The minimum absolute atomic E-state index is 0.391. The van der Waals surface area contributed by atoms with E-state index in [0.717, 1.165) is 18.4 Å². The number of hydrogen-bond donors (Lipinski definition) is 4. The van der Waals surface area contributed by atoms with Gasteiger partial charge in [0, 0.05) is 12.5 Å². The van der Waals surface area contributed by atoms with Gasteiger partial charge in [-0.15, -0.1) is 11.8 Å². The average Bonchev–Trinajstić information content (AvgIpc) is 3.15. The quantitative estimate of drug-likeness (QED) is 0.612. The van der Waals surface area contributed by atoms with E-state index in [1.165, 1.54) is 45.1 Å². The molecule has 4 atom stereocenters. The van der Waals surface area contributed by atoms with Crippen LogP contribution in [0.5, 0.6) is 0 Å². The lowest BCUT2D eigenvalue weighted by Gasteiger charge is -2.39. The first-order valence-corrected chi connectivity index (χ1v) is 10.9. The van der Waals surface area contributed by atoms with Crippen molar-refractivity contribution in [2.45, 2.75) is 76.3 Å². The summed E-state index contributed by atoms with van der Waals surface area (Å²) in [6, 6.07) is 0. The van der Waals surface area contributed by atoms with Crippen molar-refractivity contribution in [3.8, 4) is 0 Å². The molecule has 0 radical (unpaired) electrons. The first-order valence-electron chi connectivity index (χ1n) is 9.94. The fraction of sp³-hybridized carbons (Fsp3) is 1.00. The highest BCUT2D eigenvalue weighted by atomic mass is 32.2. The third kappa shape index (κ3) is 3.51. The molecular formula is C18H35N5S. The summed E-state index contributed by atoms with van der Waals surface area (Å²) in [4.78, 5) is 0. The summed E-state index contributed by atoms with van der Waals surface area (Å²) in [7, 11) is 0. The summed E-state index contributed by atoms with van der Waals surface area (Å²) in [6.45, 7) is 9.55. The van der Waals surface area contributed by atoms with Crippen LogP contribution in [0.25, 0.3) is 0 Å². The normalized spacial score (nSPS) is 44.6. The molecular weight excluding hydrogens is 318 g/mol. The molecule has 4 N–H and O–H groups in total. The lowest BCUT2D eigenvalue weighted by molar-refractivity contribution is 0.0788. The van der Waals surface area contributed by atoms with Crippen LogP contribution in [-0.2, 0) is 0 Å². The Labute approximate surface area is 151 Å². The zero-order chi connectivity index (χ0) is 16.7. The fourth-order valence-electron chi connectivity index (χ4n) is 5.00. The van der Waals surface area contributed by atoms with E-state index >= 15 is 0 Å². The second-order valence-electron chi connectivity index (χ2n) is 9.26. The topological polar surface area (TPSA) is 51.4 Å². The number of fused-ring (bicyclic) bond motifs is 1. The van der Waals surface area contributed by atoms with Gasteiger partial charge in [0.1, 0.15) is 5.50 Å². The van der Waals surface area contributed by atoms with Gasteiger partial charge in [-0.3, -0.25) is 0 Å². The van der Waals surface area contributed by atoms with E-state index in [-0.39, 0.29) is 0 Å². The number of hydrogen-bond acceptors (Lipinski definition) is 6. The van der Waals surface area contributed by atoms with Crippen LogP contribution in [0.2, 0.25) is 0 Å². The summed E-state index contributed by atoms with van der Waals surface area (Å²) >= 11 is 2.09. The van der Waals surface area contributed by atoms with Crippen molar-refractivity contribution in [2.24, 2.45) is 23.2 Å². The van der Waals surface area contributed by atoms with E-state index in [1.54, 1.807) is 0 Å². The maximum absolute atomic E-state index is 3.87. The maximum atomic E-state index is 3.87. The molecule has 4 rings (SSSR count). The Bertz CT molecular complexity index is 426. The fourth-order valence-corrected chi connectivity index (χ4v) is 6.42. The Kier molecular flexibility index (Phi) is 5.15. The van der Waals surface area contributed by atoms with Crippen molar-refractivity contribution in [1.82, 2.24) is 26.6 Å². The van der Waals surface area contributed by atoms with Gasteiger partial charge in [-0.2, -0.15) is 5.01 Å². The molecule has 0 aromatic heterocycles. The van der Waals surface area contributed by atoms with Crippen molar-refractivity contribution in [1.29, 1.82) is 0 Å². The van der Waals surface area contributed by atoms with E-state index in [9.17, 15) is 0 Å². The number of hydrazine groups is 2. The molecule has 3 saturated heterocycles. The number of piperidine rings is 1. The van der Waals surface area contributed by atoms with Gasteiger partial charge in [0.15, 0.2) is 0 Å². The molecule has 138 valence electrons. The largest absolute Gasteiger partial charge is 0.316 e. The van der Waals surface area contributed by atoms with Crippen LogP contribution in [0.4, 0.5) is 0 Å². The standard InChI is InChI=1S/C18H35N5S/c1-18(2,3)14-8-6-12(7-9-14)16-22-23-15(20-21-17(23)24-16)13-5-4-10-19-11-13/h12-17,19-22H,4-11H2,1-3H3. The van der Waals surface area contributed by atoms with E-state index in [4.69, 9.17) is 0 Å². The van der Waals surface area contributed by atoms with Crippen LogP contribution in [-0.4, -0.2) is 35.1 Å². The molecule has 4 unspecified atom stereocenters. The van der Waals surface area contributed by atoms with Crippen LogP contribution in [0, 0.1) is 23.2 Å². The zero-order valence-electron chi connectivity index (χ0n) is 15.5. The van der Waals surface area contributed by atoms with Crippen LogP contribution in [0.15, 0.2) is 0 Å². The summed E-state index contributed by atoms with van der Waals surface area (Å²) in [6.07, 6.45) is 8.62. The monoisotopic (exact) mass is 353 g/mol. The molecule has 4 aliphatic rings. The number of nitrogens with one attached hydrogen (secondary N) is 4. The van der Waals surface area contributed by atoms with Crippen molar-refractivity contribution < 1.29 is 0 Å². The average molecular weight is 354 g/mol. The van der Waals surface area contributed by atoms with Crippen LogP contribution < -0.4 is 21.6 Å². The molecule has 1 saturated carbocycles. The molecule has 0 amide bonds. The summed E-state index contributed by atoms with van der Waals surface area (Å²) in [5.41, 5.74) is 11.8. The first kappa shape index (κ1) is 17.6. The van der Waals surface area contributed by atoms with Crippen molar-refractivity contribution in [3.05, 3.63) is 0 Å². The van der Waals surface area contributed by atoms with Gasteiger partial charge in [-0.1, -0.05) is 20.8 Å².